The van der Waals surface area contributed by atoms with Crippen molar-refractivity contribution in [2.75, 3.05) is 0 Å². The Kier molecular flexibility index (Phi) is 6.07. The summed E-state index contributed by atoms with van der Waals surface area (Å²) in [6.45, 7) is 5.86. The first-order valence-electron chi connectivity index (χ1n) is 8.55. The van der Waals surface area contributed by atoms with Crippen molar-refractivity contribution in [1.29, 1.82) is 0 Å². The molecule has 7 heteroatoms. The molecule has 3 rings (SSSR count). The highest BCUT2D eigenvalue weighted by Gasteiger charge is 2.18. The lowest BCUT2D eigenvalue weighted by Crippen LogP contribution is -2.10. The molecule has 1 heterocycles. The molecule has 0 bridgehead atoms. The summed E-state index contributed by atoms with van der Waals surface area (Å²) in [4.78, 5) is 0. The number of halogens is 2. The number of rotatable bonds is 6. The van der Waals surface area contributed by atoms with Crippen LogP contribution in [0.25, 0.3) is 0 Å². The van der Waals surface area contributed by atoms with E-state index in [2.05, 4.69) is 10.2 Å². The van der Waals surface area contributed by atoms with Gasteiger partial charge in [-0.05, 0) is 61.7 Å². The van der Waals surface area contributed by atoms with Crippen LogP contribution in [-0.2, 0) is 12.8 Å². The molecule has 0 fully saturated rings. The zero-order valence-corrected chi connectivity index (χ0v) is 17.2. The van der Waals surface area contributed by atoms with Crippen LogP contribution in [0, 0.1) is 19.7 Å². The zero-order chi connectivity index (χ0) is 19.6. The molecule has 0 radical (unpaired) electrons. The minimum absolute atomic E-state index is 0.233. The van der Waals surface area contributed by atoms with E-state index in [0.29, 0.717) is 5.75 Å². The first-order chi connectivity index (χ1) is 12.8. The van der Waals surface area contributed by atoms with Crippen molar-refractivity contribution in [2.24, 2.45) is 7.05 Å². The maximum Gasteiger partial charge on any atom is 0.191 e. The zero-order valence-electron chi connectivity index (χ0n) is 15.7. The van der Waals surface area contributed by atoms with Gasteiger partial charge in [0.05, 0.1) is 0 Å². The summed E-state index contributed by atoms with van der Waals surface area (Å²) >= 11 is 7.77. The van der Waals surface area contributed by atoms with Crippen molar-refractivity contribution in [1.82, 2.24) is 14.8 Å². The summed E-state index contributed by atoms with van der Waals surface area (Å²) in [5.41, 5.74) is 2.99. The van der Waals surface area contributed by atoms with Gasteiger partial charge in [0.25, 0.3) is 0 Å². The van der Waals surface area contributed by atoms with Gasteiger partial charge in [0, 0.05) is 17.8 Å². The highest BCUT2D eigenvalue weighted by molar-refractivity contribution is 7.98. The minimum Gasteiger partial charge on any atom is -0.483 e. The molecule has 3 aromatic rings. The molecule has 0 spiro atoms. The van der Waals surface area contributed by atoms with Crippen LogP contribution < -0.4 is 4.74 Å². The van der Waals surface area contributed by atoms with E-state index < -0.39 is 0 Å². The molecule has 0 aliphatic carbocycles. The van der Waals surface area contributed by atoms with Gasteiger partial charge in [-0.3, -0.25) is 0 Å². The van der Waals surface area contributed by atoms with Crippen LogP contribution >= 0.6 is 23.4 Å². The van der Waals surface area contributed by atoms with Crippen molar-refractivity contribution >= 4 is 23.4 Å². The molecule has 1 atom stereocenters. The van der Waals surface area contributed by atoms with Crippen molar-refractivity contribution < 1.29 is 9.13 Å². The number of nitrogens with zero attached hydrogens (tertiary/aromatic N) is 3. The van der Waals surface area contributed by atoms with Crippen LogP contribution in [0.1, 0.15) is 35.5 Å². The maximum absolute atomic E-state index is 13.0. The normalized spacial score (nSPS) is 12.2. The molecular formula is C20H21ClFN3OS. The molecule has 0 saturated heterocycles. The predicted octanol–water partition coefficient (Wildman–Crippen LogP) is 5.66. The third-order valence-electron chi connectivity index (χ3n) is 4.24. The van der Waals surface area contributed by atoms with E-state index in [-0.39, 0.29) is 11.9 Å². The molecule has 0 amide bonds. The average molecular weight is 406 g/mol. The Balaban J connectivity index is 1.69. The van der Waals surface area contributed by atoms with Gasteiger partial charge in [0.15, 0.2) is 17.1 Å². The van der Waals surface area contributed by atoms with E-state index in [1.807, 2.05) is 44.5 Å². The average Bonchev–Trinajstić information content (AvgIpc) is 3.00. The lowest BCUT2D eigenvalue weighted by molar-refractivity contribution is 0.211. The van der Waals surface area contributed by atoms with Gasteiger partial charge >= 0.3 is 0 Å². The second-order valence-corrected chi connectivity index (χ2v) is 7.77. The fourth-order valence-corrected chi connectivity index (χ4v) is 3.75. The van der Waals surface area contributed by atoms with E-state index in [4.69, 9.17) is 16.3 Å². The smallest absolute Gasteiger partial charge is 0.191 e. The van der Waals surface area contributed by atoms with Crippen LogP contribution in [0.5, 0.6) is 5.75 Å². The summed E-state index contributed by atoms with van der Waals surface area (Å²) in [6, 6.07) is 10.3. The Hall–Kier alpha value is -2.05. The number of hydrogen-bond donors (Lipinski definition) is 0. The third-order valence-corrected chi connectivity index (χ3v) is 5.92. The third kappa shape index (κ3) is 4.62. The largest absolute Gasteiger partial charge is 0.483 e. The molecule has 1 aromatic heterocycles. The second-order valence-electron chi connectivity index (χ2n) is 6.45. The minimum atomic E-state index is -0.261. The van der Waals surface area contributed by atoms with E-state index in [0.717, 1.165) is 38.4 Å². The molecule has 0 aliphatic rings. The van der Waals surface area contributed by atoms with Crippen LogP contribution in [-0.4, -0.2) is 14.8 Å². The molecule has 0 N–H and O–H groups in total. The summed E-state index contributed by atoms with van der Waals surface area (Å²) in [7, 11) is 1.92. The Morgan fingerprint density at radius 1 is 1.15 bits per heavy atom. The number of hydrogen-bond acceptors (Lipinski definition) is 4. The number of thioether (sulfide) groups is 1. The molecule has 4 nitrogen and oxygen atoms in total. The van der Waals surface area contributed by atoms with Crippen LogP contribution in [0.4, 0.5) is 4.39 Å². The van der Waals surface area contributed by atoms with Gasteiger partial charge in [-0.2, -0.15) is 0 Å². The summed E-state index contributed by atoms with van der Waals surface area (Å²) in [6.07, 6.45) is -0.261. The SMILES string of the molecule is Cc1cc(OC(C)c2nnc(SCc3ccc(F)cc3)n2C)cc(C)c1Cl. The quantitative estimate of drug-likeness (QED) is 0.496. The second kappa shape index (κ2) is 8.31. The van der Waals surface area contributed by atoms with Gasteiger partial charge < -0.3 is 9.30 Å². The Morgan fingerprint density at radius 2 is 1.78 bits per heavy atom. The number of aromatic nitrogens is 3. The van der Waals surface area contributed by atoms with Crippen molar-refractivity contribution in [3.05, 3.63) is 69.8 Å². The molecule has 1 unspecified atom stereocenters. The topological polar surface area (TPSA) is 39.9 Å². The fraction of sp³-hybridized carbons (Fsp3) is 0.300. The van der Waals surface area contributed by atoms with Gasteiger partial charge in [-0.1, -0.05) is 35.5 Å². The number of aryl methyl sites for hydroxylation is 2. The van der Waals surface area contributed by atoms with E-state index >= 15 is 0 Å². The molecular weight excluding hydrogens is 385 g/mol. The Labute approximate surface area is 167 Å². The summed E-state index contributed by atoms with van der Waals surface area (Å²) in [5, 5.41) is 10.1. The fourth-order valence-electron chi connectivity index (χ4n) is 2.77. The number of ether oxygens (including phenoxy) is 1. The molecule has 2 aromatic carbocycles. The van der Waals surface area contributed by atoms with Gasteiger partial charge in [-0.15, -0.1) is 10.2 Å². The van der Waals surface area contributed by atoms with Crippen LogP contribution in [0.2, 0.25) is 5.02 Å². The highest BCUT2D eigenvalue weighted by Crippen LogP contribution is 2.29. The maximum atomic E-state index is 13.0. The van der Waals surface area contributed by atoms with Crippen molar-refractivity contribution in [2.45, 2.75) is 37.8 Å². The van der Waals surface area contributed by atoms with Gasteiger partial charge in [0.1, 0.15) is 11.6 Å². The molecule has 27 heavy (non-hydrogen) atoms. The lowest BCUT2D eigenvalue weighted by Gasteiger charge is -2.16. The highest BCUT2D eigenvalue weighted by atomic mass is 35.5. The van der Waals surface area contributed by atoms with Crippen molar-refractivity contribution in [3.63, 3.8) is 0 Å². The summed E-state index contributed by atoms with van der Waals surface area (Å²) < 4.78 is 21.0. The first kappa shape index (κ1) is 19.7. The Bertz CT molecular complexity index is 920. The van der Waals surface area contributed by atoms with E-state index in [9.17, 15) is 4.39 Å². The van der Waals surface area contributed by atoms with Crippen LogP contribution in [0.3, 0.4) is 0 Å². The van der Waals surface area contributed by atoms with E-state index in [1.165, 1.54) is 12.1 Å². The van der Waals surface area contributed by atoms with E-state index in [1.54, 1.807) is 23.9 Å². The standard InChI is InChI=1S/C20H21ClFN3OS/c1-12-9-17(10-13(2)18(12)21)26-14(3)19-23-24-20(25(19)4)27-11-15-5-7-16(22)8-6-15/h5-10,14H,11H2,1-4H3. The molecule has 0 aliphatic heterocycles. The lowest BCUT2D eigenvalue weighted by atomic mass is 10.1. The van der Waals surface area contributed by atoms with Crippen molar-refractivity contribution in [3.8, 4) is 5.75 Å². The molecule has 0 saturated carbocycles. The predicted molar refractivity (Wildman–Crippen MR) is 107 cm³/mol. The monoisotopic (exact) mass is 405 g/mol. The first-order valence-corrected chi connectivity index (χ1v) is 9.91. The molecule has 142 valence electrons. The van der Waals surface area contributed by atoms with Gasteiger partial charge in [-0.25, -0.2) is 4.39 Å². The van der Waals surface area contributed by atoms with Gasteiger partial charge in [0.2, 0.25) is 0 Å². The van der Waals surface area contributed by atoms with Crippen LogP contribution in [0.15, 0.2) is 41.6 Å². The Morgan fingerprint density at radius 3 is 2.41 bits per heavy atom. The summed E-state index contributed by atoms with van der Waals surface area (Å²) in [5.74, 6) is 1.95. The number of benzene rings is 2.